The Hall–Kier alpha value is -0.960. The van der Waals surface area contributed by atoms with Gasteiger partial charge in [-0.25, -0.2) is 0 Å². The Balaban J connectivity index is 2.04. The highest BCUT2D eigenvalue weighted by atomic mass is 32.2. The molecule has 1 rings (SSSR count). The Labute approximate surface area is 108 Å². The van der Waals surface area contributed by atoms with Gasteiger partial charge < -0.3 is 5.32 Å². The van der Waals surface area contributed by atoms with Crippen LogP contribution in [0.1, 0.15) is 32.6 Å². The van der Waals surface area contributed by atoms with Crippen LogP contribution in [0.2, 0.25) is 0 Å². The molecule has 0 atom stereocenters. The van der Waals surface area contributed by atoms with Crippen molar-refractivity contribution >= 4 is 17.7 Å². The molecule has 0 fully saturated rings. The Morgan fingerprint density at radius 3 is 2.71 bits per heavy atom. The maximum absolute atomic E-state index is 11.5. The zero-order valence-electron chi connectivity index (χ0n) is 10.4. The summed E-state index contributed by atoms with van der Waals surface area (Å²) in [4.78, 5) is 12.7. The van der Waals surface area contributed by atoms with Crippen molar-refractivity contribution in [3.8, 4) is 0 Å². The highest BCUT2D eigenvalue weighted by molar-refractivity contribution is 7.99. The molecule has 0 saturated carbocycles. The van der Waals surface area contributed by atoms with E-state index in [9.17, 15) is 4.79 Å². The molecule has 1 aromatic rings. The highest BCUT2D eigenvalue weighted by Gasteiger charge is 2.00. The number of rotatable bonds is 8. The van der Waals surface area contributed by atoms with Gasteiger partial charge in [0.15, 0.2) is 0 Å². The number of hydrogen-bond acceptors (Lipinski definition) is 2. The topological polar surface area (TPSA) is 29.1 Å². The van der Waals surface area contributed by atoms with Crippen molar-refractivity contribution in [2.75, 3.05) is 12.3 Å². The minimum absolute atomic E-state index is 0.171. The molecule has 0 saturated heterocycles. The smallest absolute Gasteiger partial charge is 0.220 e. The van der Waals surface area contributed by atoms with Crippen LogP contribution in [0.25, 0.3) is 0 Å². The monoisotopic (exact) mass is 251 g/mol. The third kappa shape index (κ3) is 7.05. The first kappa shape index (κ1) is 14.1. The van der Waals surface area contributed by atoms with Gasteiger partial charge in [0.25, 0.3) is 0 Å². The minimum atomic E-state index is 0.171. The van der Waals surface area contributed by atoms with Gasteiger partial charge in [-0.2, -0.15) is 0 Å². The molecule has 1 N–H and O–H groups in total. The average Bonchev–Trinajstić information content (AvgIpc) is 2.36. The molecule has 0 bridgehead atoms. The van der Waals surface area contributed by atoms with Gasteiger partial charge >= 0.3 is 0 Å². The number of amides is 1. The Kier molecular flexibility index (Phi) is 7.56. The number of carbonyl (C=O) groups is 1. The number of nitrogens with one attached hydrogen (secondary N) is 1. The van der Waals surface area contributed by atoms with E-state index in [1.165, 1.54) is 17.7 Å². The van der Waals surface area contributed by atoms with E-state index in [4.69, 9.17) is 0 Å². The van der Waals surface area contributed by atoms with Crippen LogP contribution in [0, 0.1) is 0 Å². The van der Waals surface area contributed by atoms with Crippen LogP contribution in [0.3, 0.4) is 0 Å². The zero-order valence-corrected chi connectivity index (χ0v) is 11.3. The second-order valence-electron chi connectivity index (χ2n) is 3.97. The fourth-order valence-corrected chi connectivity index (χ4v) is 2.34. The van der Waals surface area contributed by atoms with Crippen molar-refractivity contribution in [3.63, 3.8) is 0 Å². The van der Waals surface area contributed by atoms with E-state index in [2.05, 4.69) is 24.4 Å². The fraction of sp³-hybridized carbons (Fsp3) is 0.500. The first-order valence-electron chi connectivity index (χ1n) is 6.27. The molecule has 0 radical (unpaired) electrons. The lowest BCUT2D eigenvalue weighted by Crippen LogP contribution is -2.24. The Bertz CT molecular complexity index is 313. The molecule has 17 heavy (non-hydrogen) atoms. The molecular formula is C14H21NOS. The summed E-state index contributed by atoms with van der Waals surface area (Å²) in [6, 6.07) is 10.2. The molecule has 3 heteroatoms. The highest BCUT2D eigenvalue weighted by Crippen LogP contribution is 2.17. The van der Waals surface area contributed by atoms with Crippen molar-refractivity contribution in [1.29, 1.82) is 0 Å². The fourth-order valence-electron chi connectivity index (χ4n) is 1.47. The SMILES string of the molecule is CCCCCNC(=O)CCSc1ccccc1. The van der Waals surface area contributed by atoms with Crippen LogP contribution in [-0.4, -0.2) is 18.2 Å². The lowest BCUT2D eigenvalue weighted by Gasteiger charge is -2.04. The third-order valence-corrected chi connectivity index (χ3v) is 3.46. The van der Waals surface area contributed by atoms with Gasteiger partial charge in [0, 0.05) is 23.6 Å². The lowest BCUT2D eigenvalue weighted by atomic mass is 10.2. The van der Waals surface area contributed by atoms with Crippen LogP contribution in [0.4, 0.5) is 0 Å². The van der Waals surface area contributed by atoms with E-state index in [0.29, 0.717) is 6.42 Å². The summed E-state index contributed by atoms with van der Waals surface area (Å²) < 4.78 is 0. The molecule has 1 aromatic carbocycles. The predicted molar refractivity (Wildman–Crippen MR) is 74.3 cm³/mol. The second-order valence-corrected chi connectivity index (χ2v) is 5.14. The van der Waals surface area contributed by atoms with Crippen molar-refractivity contribution < 1.29 is 4.79 Å². The average molecular weight is 251 g/mol. The van der Waals surface area contributed by atoms with Gasteiger partial charge in [0.05, 0.1) is 0 Å². The predicted octanol–water partition coefficient (Wildman–Crippen LogP) is 3.48. The maximum atomic E-state index is 11.5. The summed E-state index contributed by atoms with van der Waals surface area (Å²) in [6.45, 7) is 2.99. The van der Waals surface area contributed by atoms with Crippen molar-refractivity contribution in [3.05, 3.63) is 30.3 Å². The molecule has 94 valence electrons. The summed E-state index contributed by atoms with van der Waals surface area (Å²) in [7, 11) is 0. The molecule has 0 aliphatic heterocycles. The van der Waals surface area contributed by atoms with Crippen LogP contribution in [0.15, 0.2) is 35.2 Å². The summed E-state index contributed by atoms with van der Waals surface area (Å²) in [5.41, 5.74) is 0. The lowest BCUT2D eigenvalue weighted by molar-refractivity contribution is -0.120. The van der Waals surface area contributed by atoms with Gasteiger partial charge in [-0.3, -0.25) is 4.79 Å². The standard InChI is InChI=1S/C14H21NOS/c1-2-3-7-11-15-14(16)10-12-17-13-8-5-4-6-9-13/h4-6,8-9H,2-3,7,10-12H2,1H3,(H,15,16). The molecule has 0 spiro atoms. The van der Waals surface area contributed by atoms with Gasteiger partial charge in [0.1, 0.15) is 0 Å². The Morgan fingerprint density at radius 2 is 2.00 bits per heavy atom. The molecule has 0 aliphatic carbocycles. The van der Waals surface area contributed by atoms with E-state index in [1.807, 2.05) is 18.2 Å². The maximum Gasteiger partial charge on any atom is 0.220 e. The number of carbonyl (C=O) groups excluding carboxylic acids is 1. The summed E-state index contributed by atoms with van der Waals surface area (Å²) in [5, 5.41) is 2.95. The zero-order chi connectivity index (χ0) is 12.3. The molecule has 0 unspecified atom stereocenters. The first-order chi connectivity index (χ1) is 8.33. The van der Waals surface area contributed by atoms with E-state index in [0.717, 1.165) is 18.7 Å². The van der Waals surface area contributed by atoms with Crippen LogP contribution >= 0.6 is 11.8 Å². The largest absolute Gasteiger partial charge is 0.356 e. The normalized spacial score (nSPS) is 10.2. The van der Waals surface area contributed by atoms with Gasteiger partial charge in [-0.1, -0.05) is 38.0 Å². The van der Waals surface area contributed by atoms with Gasteiger partial charge in [0.2, 0.25) is 5.91 Å². The molecular weight excluding hydrogens is 230 g/mol. The molecule has 0 aromatic heterocycles. The van der Waals surface area contributed by atoms with Gasteiger partial charge in [-0.05, 0) is 18.6 Å². The molecule has 0 heterocycles. The van der Waals surface area contributed by atoms with Crippen molar-refractivity contribution in [2.24, 2.45) is 0 Å². The number of thioether (sulfide) groups is 1. The molecule has 0 aliphatic rings. The number of hydrogen-bond donors (Lipinski definition) is 1. The van der Waals surface area contributed by atoms with E-state index in [-0.39, 0.29) is 5.91 Å². The van der Waals surface area contributed by atoms with Crippen molar-refractivity contribution in [2.45, 2.75) is 37.5 Å². The summed E-state index contributed by atoms with van der Waals surface area (Å²) in [5.74, 6) is 1.02. The quantitative estimate of drug-likeness (QED) is 0.566. The molecule has 1 amide bonds. The number of benzene rings is 1. The van der Waals surface area contributed by atoms with E-state index < -0.39 is 0 Å². The van der Waals surface area contributed by atoms with E-state index in [1.54, 1.807) is 11.8 Å². The van der Waals surface area contributed by atoms with Crippen LogP contribution in [-0.2, 0) is 4.79 Å². The number of unbranched alkanes of at least 4 members (excludes halogenated alkanes) is 2. The van der Waals surface area contributed by atoms with Crippen molar-refractivity contribution in [1.82, 2.24) is 5.32 Å². The van der Waals surface area contributed by atoms with Crippen LogP contribution < -0.4 is 5.32 Å². The van der Waals surface area contributed by atoms with Gasteiger partial charge in [-0.15, -0.1) is 11.8 Å². The second kappa shape index (κ2) is 9.11. The summed E-state index contributed by atoms with van der Waals surface area (Å²) >= 11 is 1.73. The minimum Gasteiger partial charge on any atom is -0.356 e. The van der Waals surface area contributed by atoms with Crippen LogP contribution in [0.5, 0.6) is 0 Å². The van der Waals surface area contributed by atoms with E-state index >= 15 is 0 Å². The Morgan fingerprint density at radius 1 is 1.24 bits per heavy atom. The summed E-state index contributed by atoms with van der Waals surface area (Å²) in [6.07, 6.45) is 4.08. The molecule has 2 nitrogen and oxygen atoms in total. The first-order valence-corrected chi connectivity index (χ1v) is 7.26. The third-order valence-electron chi connectivity index (χ3n) is 2.44.